The van der Waals surface area contributed by atoms with Crippen LogP contribution in [0.2, 0.25) is 0 Å². The van der Waals surface area contributed by atoms with E-state index < -0.39 is 0 Å². The van der Waals surface area contributed by atoms with Crippen LogP contribution in [0.4, 0.5) is 5.69 Å². The summed E-state index contributed by atoms with van der Waals surface area (Å²) in [4.78, 5) is 0. The van der Waals surface area contributed by atoms with E-state index in [-0.39, 0.29) is 0 Å². The zero-order chi connectivity index (χ0) is 8.77. The molecule has 64 valence electrons. The Morgan fingerprint density at radius 3 is 2.67 bits per heavy atom. The fourth-order valence-corrected chi connectivity index (χ4v) is 2.09. The lowest BCUT2D eigenvalue weighted by Crippen LogP contribution is -2.09. The molecule has 1 nitrogen and oxygen atoms in total. The van der Waals surface area contributed by atoms with Crippen LogP contribution in [0.25, 0.3) is 0 Å². The number of fused-ring (bicyclic) bond motifs is 1. The first kappa shape index (κ1) is 7.66. The molecule has 12 heavy (non-hydrogen) atoms. The molecule has 0 unspecified atom stereocenters. The Hall–Kier alpha value is -0.980. The first-order valence-electron chi connectivity index (χ1n) is 4.45. The molecule has 2 N–H and O–H groups in total. The fourth-order valence-electron chi connectivity index (χ4n) is 2.09. The summed E-state index contributed by atoms with van der Waals surface area (Å²) < 4.78 is 0. The van der Waals surface area contributed by atoms with Crippen molar-refractivity contribution in [3.63, 3.8) is 0 Å². The zero-order valence-corrected chi connectivity index (χ0v) is 7.72. The van der Waals surface area contributed by atoms with E-state index in [9.17, 15) is 0 Å². The van der Waals surface area contributed by atoms with E-state index in [1.807, 2.05) is 6.07 Å². The maximum atomic E-state index is 5.89. The second-order valence-electron chi connectivity index (χ2n) is 4.50. The van der Waals surface area contributed by atoms with Gasteiger partial charge in [0.05, 0.1) is 0 Å². The normalized spacial score (nSPS) is 19.2. The first-order valence-corrected chi connectivity index (χ1v) is 4.45. The summed E-state index contributed by atoms with van der Waals surface area (Å²) in [5.41, 5.74) is 10.1. The van der Waals surface area contributed by atoms with Crippen LogP contribution in [0.3, 0.4) is 0 Å². The van der Waals surface area contributed by atoms with Gasteiger partial charge in [-0.3, -0.25) is 0 Å². The molecule has 0 radical (unpaired) electrons. The van der Waals surface area contributed by atoms with E-state index in [0.29, 0.717) is 5.41 Å². The molecule has 2 rings (SSSR count). The molecule has 0 aliphatic heterocycles. The van der Waals surface area contributed by atoms with Gasteiger partial charge >= 0.3 is 0 Å². The number of anilines is 1. The Balaban J connectivity index is 2.48. The molecule has 0 atom stereocenters. The molecular formula is C11H15N. The molecule has 0 heterocycles. The monoisotopic (exact) mass is 161 g/mol. The molecule has 1 aliphatic carbocycles. The summed E-state index contributed by atoms with van der Waals surface area (Å²) in [5.74, 6) is 0. The van der Waals surface area contributed by atoms with Gasteiger partial charge in [0.15, 0.2) is 0 Å². The Morgan fingerprint density at radius 1 is 1.25 bits per heavy atom. The maximum absolute atomic E-state index is 5.89. The largest absolute Gasteiger partial charge is 0.398 e. The maximum Gasteiger partial charge on any atom is 0.0349 e. The summed E-state index contributed by atoms with van der Waals surface area (Å²) in [6.07, 6.45) is 2.31. The molecule has 0 fully saturated rings. The van der Waals surface area contributed by atoms with Gasteiger partial charge in [-0.25, -0.2) is 0 Å². The molecule has 1 aliphatic rings. The van der Waals surface area contributed by atoms with Crippen LogP contribution < -0.4 is 5.73 Å². The smallest absolute Gasteiger partial charge is 0.0349 e. The molecule has 0 saturated carbocycles. The van der Waals surface area contributed by atoms with Crippen LogP contribution in [-0.2, 0) is 12.8 Å². The standard InChI is InChI=1S/C11H15N/c1-11(2)6-8-4-3-5-10(12)9(8)7-11/h3-5H,6-7,12H2,1-2H3. The second-order valence-corrected chi connectivity index (χ2v) is 4.50. The minimum absolute atomic E-state index is 0.414. The van der Waals surface area contributed by atoms with E-state index >= 15 is 0 Å². The number of rotatable bonds is 0. The van der Waals surface area contributed by atoms with Crippen molar-refractivity contribution in [2.24, 2.45) is 5.41 Å². The predicted molar refractivity (Wildman–Crippen MR) is 52.0 cm³/mol. The SMILES string of the molecule is CC1(C)Cc2cccc(N)c2C1. The lowest BCUT2D eigenvalue weighted by Gasteiger charge is -2.14. The quantitative estimate of drug-likeness (QED) is 0.581. The van der Waals surface area contributed by atoms with Crippen molar-refractivity contribution in [1.82, 2.24) is 0 Å². The summed E-state index contributed by atoms with van der Waals surface area (Å²) in [5, 5.41) is 0. The molecule has 1 heteroatoms. The van der Waals surface area contributed by atoms with Crippen molar-refractivity contribution >= 4 is 5.69 Å². The molecule has 0 aromatic heterocycles. The van der Waals surface area contributed by atoms with Gasteiger partial charge in [0.1, 0.15) is 0 Å². The van der Waals surface area contributed by atoms with E-state index in [0.717, 1.165) is 12.1 Å². The number of benzene rings is 1. The summed E-state index contributed by atoms with van der Waals surface area (Å²) in [6.45, 7) is 4.60. The molecule has 0 saturated heterocycles. The van der Waals surface area contributed by atoms with Gasteiger partial charge in [-0.05, 0) is 35.4 Å². The predicted octanol–water partition coefficient (Wildman–Crippen LogP) is 2.39. The van der Waals surface area contributed by atoms with Gasteiger partial charge in [0, 0.05) is 5.69 Å². The molecule has 0 bridgehead atoms. The Morgan fingerprint density at radius 2 is 2.00 bits per heavy atom. The highest BCUT2D eigenvalue weighted by molar-refractivity contribution is 5.53. The highest BCUT2D eigenvalue weighted by Gasteiger charge is 2.29. The topological polar surface area (TPSA) is 26.0 Å². The summed E-state index contributed by atoms with van der Waals surface area (Å²) in [7, 11) is 0. The molecule has 0 amide bonds. The Labute approximate surface area is 73.6 Å². The Kier molecular flexibility index (Phi) is 1.44. The van der Waals surface area contributed by atoms with Crippen molar-refractivity contribution in [3.05, 3.63) is 29.3 Å². The van der Waals surface area contributed by atoms with Crippen molar-refractivity contribution in [1.29, 1.82) is 0 Å². The van der Waals surface area contributed by atoms with Crippen LogP contribution in [-0.4, -0.2) is 0 Å². The van der Waals surface area contributed by atoms with Crippen LogP contribution in [0.1, 0.15) is 25.0 Å². The Bertz CT molecular complexity index is 313. The van der Waals surface area contributed by atoms with Gasteiger partial charge < -0.3 is 5.73 Å². The van der Waals surface area contributed by atoms with Gasteiger partial charge in [-0.1, -0.05) is 26.0 Å². The van der Waals surface area contributed by atoms with Crippen molar-refractivity contribution in [2.45, 2.75) is 26.7 Å². The third kappa shape index (κ3) is 1.09. The first-order chi connectivity index (χ1) is 5.58. The van der Waals surface area contributed by atoms with Gasteiger partial charge in [0.2, 0.25) is 0 Å². The third-order valence-corrected chi connectivity index (χ3v) is 2.63. The second kappa shape index (κ2) is 2.25. The number of nitrogens with two attached hydrogens (primary N) is 1. The fraction of sp³-hybridized carbons (Fsp3) is 0.455. The van der Waals surface area contributed by atoms with E-state index in [2.05, 4.69) is 26.0 Å². The summed E-state index contributed by atoms with van der Waals surface area (Å²) in [6, 6.07) is 6.25. The average Bonchev–Trinajstić information content (AvgIpc) is 2.25. The number of hydrogen-bond donors (Lipinski definition) is 1. The van der Waals surface area contributed by atoms with Crippen molar-refractivity contribution in [3.8, 4) is 0 Å². The minimum Gasteiger partial charge on any atom is -0.398 e. The highest BCUT2D eigenvalue weighted by atomic mass is 14.6. The van der Waals surface area contributed by atoms with Gasteiger partial charge in [0.25, 0.3) is 0 Å². The van der Waals surface area contributed by atoms with E-state index in [1.165, 1.54) is 17.5 Å². The molecule has 1 aromatic rings. The third-order valence-electron chi connectivity index (χ3n) is 2.63. The van der Waals surface area contributed by atoms with Crippen LogP contribution in [0.5, 0.6) is 0 Å². The minimum atomic E-state index is 0.414. The highest BCUT2D eigenvalue weighted by Crippen LogP contribution is 2.38. The lowest BCUT2D eigenvalue weighted by atomic mass is 9.90. The number of nitrogen functional groups attached to an aromatic ring is 1. The van der Waals surface area contributed by atoms with Gasteiger partial charge in [-0.2, -0.15) is 0 Å². The van der Waals surface area contributed by atoms with Crippen LogP contribution in [0, 0.1) is 5.41 Å². The number of hydrogen-bond acceptors (Lipinski definition) is 1. The molecular weight excluding hydrogens is 146 g/mol. The van der Waals surface area contributed by atoms with Crippen molar-refractivity contribution in [2.75, 3.05) is 5.73 Å². The van der Waals surface area contributed by atoms with Crippen molar-refractivity contribution < 1.29 is 0 Å². The van der Waals surface area contributed by atoms with Gasteiger partial charge in [-0.15, -0.1) is 0 Å². The molecule has 0 spiro atoms. The average molecular weight is 161 g/mol. The lowest BCUT2D eigenvalue weighted by molar-refractivity contribution is 0.393. The van der Waals surface area contributed by atoms with Crippen LogP contribution >= 0.6 is 0 Å². The van der Waals surface area contributed by atoms with E-state index in [4.69, 9.17) is 5.73 Å². The summed E-state index contributed by atoms with van der Waals surface area (Å²) >= 11 is 0. The van der Waals surface area contributed by atoms with E-state index in [1.54, 1.807) is 0 Å². The molecule has 1 aromatic carbocycles. The zero-order valence-electron chi connectivity index (χ0n) is 7.72. The van der Waals surface area contributed by atoms with Crippen LogP contribution in [0.15, 0.2) is 18.2 Å².